The van der Waals surface area contributed by atoms with Crippen LogP contribution < -0.4 is 24.8 Å². The Morgan fingerprint density at radius 1 is 0.941 bits per heavy atom. The number of amides is 2. The molecule has 270 valence electrons. The fraction of sp³-hybridized carbons (Fsp3) is 0.342. The molecular weight excluding hydrogens is 668 g/mol. The molecule has 0 bridgehead atoms. The monoisotopic (exact) mass is 708 g/mol. The van der Waals surface area contributed by atoms with Crippen molar-refractivity contribution in [3.63, 3.8) is 0 Å². The minimum Gasteiger partial charge on any atom is -0.497 e. The molecule has 13 heteroatoms. The molecule has 1 saturated heterocycles. The number of ether oxygens (including phenoxy) is 3. The van der Waals surface area contributed by atoms with Crippen molar-refractivity contribution in [2.24, 2.45) is 0 Å². The molecule has 2 heterocycles. The van der Waals surface area contributed by atoms with Crippen LogP contribution in [0.3, 0.4) is 0 Å². The lowest BCUT2D eigenvalue weighted by molar-refractivity contribution is -0.137. The molecule has 9 nitrogen and oxygen atoms in total. The van der Waals surface area contributed by atoms with E-state index in [0.717, 1.165) is 55.8 Å². The first-order valence-corrected chi connectivity index (χ1v) is 16.7. The number of piperidine rings is 1. The Kier molecular flexibility index (Phi) is 12.5. The normalized spacial score (nSPS) is 13.4. The van der Waals surface area contributed by atoms with Crippen molar-refractivity contribution in [3.8, 4) is 28.5 Å². The first-order chi connectivity index (χ1) is 24.5. The number of likely N-dealkylation sites (tertiary alicyclic amines) is 1. The molecule has 0 unspecified atom stereocenters. The van der Waals surface area contributed by atoms with Crippen LogP contribution in [0.15, 0.2) is 72.9 Å². The minimum atomic E-state index is -4.76. The molecule has 4 aromatic rings. The molecule has 0 aliphatic carbocycles. The molecule has 1 aliphatic rings. The molecule has 5 rings (SSSR count). The fourth-order valence-electron chi connectivity index (χ4n) is 5.71. The molecule has 0 saturated carbocycles. The maximum atomic E-state index is 15.4. The van der Waals surface area contributed by atoms with Gasteiger partial charge in [-0.2, -0.15) is 13.2 Å². The summed E-state index contributed by atoms with van der Waals surface area (Å²) < 4.78 is 73.3. The predicted octanol–water partition coefficient (Wildman–Crippen LogP) is 7.29. The SMILES string of the molecule is CCOc1cc(OCc2ccc(OC)cc2)ncc1-c1ccc(CC(=O)Nc2cc(C(=O)NCCN3CCCCC3)cc(C(F)(F)F)c2)c(F)c1. The lowest BCUT2D eigenvalue weighted by atomic mass is 10.0. The van der Waals surface area contributed by atoms with Gasteiger partial charge in [0.15, 0.2) is 0 Å². The summed E-state index contributed by atoms with van der Waals surface area (Å²) in [6, 6.07) is 15.9. The van der Waals surface area contributed by atoms with E-state index in [1.165, 1.54) is 24.4 Å². The average Bonchev–Trinajstić information content (AvgIpc) is 3.12. The quantitative estimate of drug-likeness (QED) is 0.133. The number of aromatic nitrogens is 1. The van der Waals surface area contributed by atoms with E-state index in [-0.39, 0.29) is 30.0 Å². The molecule has 1 fully saturated rings. The summed E-state index contributed by atoms with van der Waals surface area (Å²) >= 11 is 0. The van der Waals surface area contributed by atoms with E-state index in [4.69, 9.17) is 14.2 Å². The molecule has 51 heavy (non-hydrogen) atoms. The first kappa shape index (κ1) is 37.1. The van der Waals surface area contributed by atoms with Crippen LogP contribution >= 0.6 is 0 Å². The van der Waals surface area contributed by atoms with Crippen molar-refractivity contribution in [3.05, 3.63) is 101 Å². The number of carbonyl (C=O) groups excluding carboxylic acids is 2. The number of nitrogens with one attached hydrogen (secondary N) is 2. The van der Waals surface area contributed by atoms with Crippen molar-refractivity contribution >= 4 is 17.5 Å². The Morgan fingerprint density at radius 3 is 2.39 bits per heavy atom. The highest BCUT2D eigenvalue weighted by atomic mass is 19.4. The zero-order chi connectivity index (χ0) is 36.4. The Hall–Kier alpha value is -5.17. The number of pyridine rings is 1. The van der Waals surface area contributed by atoms with E-state index in [1.54, 1.807) is 26.2 Å². The van der Waals surface area contributed by atoms with Gasteiger partial charge in [-0.3, -0.25) is 9.59 Å². The summed E-state index contributed by atoms with van der Waals surface area (Å²) in [5, 5.41) is 5.07. The lowest BCUT2D eigenvalue weighted by Gasteiger charge is -2.26. The van der Waals surface area contributed by atoms with Crippen LogP contribution in [-0.4, -0.2) is 61.6 Å². The third-order valence-electron chi connectivity index (χ3n) is 8.37. The lowest BCUT2D eigenvalue weighted by Crippen LogP contribution is -2.37. The summed E-state index contributed by atoms with van der Waals surface area (Å²) in [5.74, 6) is -0.705. The number of rotatable bonds is 14. The maximum Gasteiger partial charge on any atom is 0.416 e. The van der Waals surface area contributed by atoms with Crippen LogP contribution in [0.5, 0.6) is 17.4 Å². The van der Waals surface area contributed by atoms with Gasteiger partial charge < -0.3 is 29.7 Å². The van der Waals surface area contributed by atoms with Gasteiger partial charge in [0.05, 0.1) is 25.7 Å². The first-order valence-electron chi connectivity index (χ1n) is 16.7. The Morgan fingerprint density at radius 2 is 1.71 bits per heavy atom. The molecule has 0 spiro atoms. The summed E-state index contributed by atoms with van der Waals surface area (Å²) in [7, 11) is 1.59. The number of anilines is 1. The second-order valence-corrected chi connectivity index (χ2v) is 12.1. The van der Waals surface area contributed by atoms with Crippen molar-refractivity contribution in [2.45, 2.75) is 45.4 Å². The Balaban J connectivity index is 1.24. The highest BCUT2D eigenvalue weighted by molar-refractivity contribution is 5.98. The fourth-order valence-corrected chi connectivity index (χ4v) is 5.71. The number of methoxy groups -OCH3 is 1. The largest absolute Gasteiger partial charge is 0.497 e. The van der Waals surface area contributed by atoms with Crippen molar-refractivity contribution < 1.29 is 41.4 Å². The van der Waals surface area contributed by atoms with E-state index in [2.05, 4.69) is 20.5 Å². The van der Waals surface area contributed by atoms with Crippen molar-refractivity contribution in [2.75, 3.05) is 45.2 Å². The predicted molar refractivity (Wildman–Crippen MR) is 185 cm³/mol. The number of alkyl halides is 3. The second-order valence-electron chi connectivity index (χ2n) is 12.1. The number of benzene rings is 3. The summed E-state index contributed by atoms with van der Waals surface area (Å²) in [5.41, 5.74) is 0.286. The number of hydrogen-bond acceptors (Lipinski definition) is 7. The van der Waals surface area contributed by atoms with Gasteiger partial charge in [-0.25, -0.2) is 9.37 Å². The minimum absolute atomic E-state index is 0.0178. The van der Waals surface area contributed by atoms with Gasteiger partial charge in [0.2, 0.25) is 11.8 Å². The van der Waals surface area contributed by atoms with Gasteiger partial charge in [0.25, 0.3) is 5.91 Å². The molecular formula is C38H40F4N4O5. The van der Waals surface area contributed by atoms with Gasteiger partial charge in [-0.05, 0) is 85.9 Å². The number of nitrogens with zero attached hydrogens (tertiary/aromatic N) is 2. The van der Waals surface area contributed by atoms with Crippen molar-refractivity contribution in [1.82, 2.24) is 15.2 Å². The van der Waals surface area contributed by atoms with Crippen LogP contribution in [0.4, 0.5) is 23.2 Å². The third kappa shape index (κ3) is 10.4. The summed E-state index contributed by atoms with van der Waals surface area (Å²) in [6.45, 7) is 5.08. The topological polar surface area (TPSA) is 102 Å². The van der Waals surface area contributed by atoms with E-state index < -0.39 is 35.8 Å². The molecule has 2 N–H and O–H groups in total. The zero-order valence-corrected chi connectivity index (χ0v) is 28.4. The van der Waals surface area contributed by atoms with Gasteiger partial charge in [0, 0.05) is 42.2 Å². The van der Waals surface area contributed by atoms with Gasteiger partial charge in [0.1, 0.15) is 23.9 Å². The summed E-state index contributed by atoms with van der Waals surface area (Å²) in [6.07, 6.45) is -0.422. The van der Waals surface area contributed by atoms with Crippen LogP contribution in [0, 0.1) is 5.82 Å². The van der Waals surface area contributed by atoms with E-state index in [9.17, 15) is 22.8 Å². The van der Waals surface area contributed by atoms with Gasteiger partial charge in [-0.1, -0.05) is 30.7 Å². The van der Waals surface area contributed by atoms with Crippen LogP contribution in [0.1, 0.15) is 53.2 Å². The molecule has 3 aromatic carbocycles. The number of hydrogen-bond donors (Lipinski definition) is 2. The smallest absolute Gasteiger partial charge is 0.416 e. The van der Waals surface area contributed by atoms with Crippen LogP contribution in [0.25, 0.3) is 11.1 Å². The zero-order valence-electron chi connectivity index (χ0n) is 28.4. The van der Waals surface area contributed by atoms with E-state index >= 15 is 4.39 Å². The molecule has 0 atom stereocenters. The van der Waals surface area contributed by atoms with Crippen LogP contribution in [-0.2, 0) is 24.0 Å². The summed E-state index contributed by atoms with van der Waals surface area (Å²) in [4.78, 5) is 32.3. The standard InChI is InChI=1S/C38H40F4N4O5/c1-3-50-34-22-36(51-24-25-7-11-31(49-2)12-8-25)44-23-32(34)26-9-10-27(33(39)19-26)20-35(47)45-30-18-28(17-29(21-30)38(40,41)42)37(48)43-13-16-46-14-5-4-6-15-46/h7-12,17-19,21-23H,3-6,13-16,20,24H2,1-2H3,(H,43,48)(H,45,47). The molecule has 1 aliphatic heterocycles. The number of halogens is 4. The van der Waals surface area contributed by atoms with E-state index in [0.29, 0.717) is 35.9 Å². The Bertz CT molecular complexity index is 1810. The van der Waals surface area contributed by atoms with Crippen LogP contribution in [0.2, 0.25) is 0 Å². The Labute approximate surface area is 293 Å². The van der Waals surface area contributed by atoms with Gasteiger partial charge >= 0.3 is 6.18 Å². The van der Waals surface area contributed by atoms with Gasteiger partial charge in [-0.15, -0.1) is 0 Å². The molecule has 2 amide bonds. The molecule has 1 aromatic heterocycles. The second kappa shape index (κ2) is 17.2. The highest BCUT2D eigenvalue weighted by Gasteiger charge is 2.32. The van der Waals surface area contributed by atoms with Crippen molar-refractivity contribution in [1.29, 1.82) is 0 Å². The van der Waals surface area contributed by atoms with E-state index in [1.807, 2.05) is 24.3 Å². The highest BCUT2D eigenvalue weighted by Crippen LogP contribution is 2.34. The maximum absolute atomic E-state index is 15.4. The third-order valence-corrected chi connectivity index (χ3v) is 8.37. The number of carbonyl (C=O) groups is 2. The average molecular weight is 709 g/mol. The molecule has 0 radical (unpaired) electrons.